The van der Waals surface area contributed by atoms with Gasteiger partial charge in [-0.2, -0.15) is 0 Å². The van der Waals surface area contributed by atoms with Crippen LogP contribution in [-0.2, 0) is 0 Å². The van der Waals surface area contributed by atoms with E-state index in [0.717, 1.165) is 12.5 Å². The largest absolute Gasteiger partial charge is 0.490 e. The zero-order valence-corrected chi connectivity index (χ0v) is 13.0. The maximum absolute atomic E-state index is 9.01. The second-order valence-electron chi connectivity index (χ2n) is 6.36. The van der Waals surface area contributed by atoms with Gasteiger partial charge in [0.25, 0.3) is 0 Å². The Hall–Kier alpha value is -0.935. The molecule has 0 bridgehead atoms. The first-order valence-electron chi connectivity index (χ1n) is 8.53. The zero-order valence-electron chi connectivity index (χ0n) is 13.0. The first-order valence-corrected chi connectivity index (χ1v) is 8.53. The Kier molecular flexibility index (Phi) is 7.17. The lowest BCUT2D eigenvalue weighted by molar-refractivity contribution is 0.300. The summed E-state index contributed by atoms with van der Waals surface area (Å²) in [5.74, 6) is 1.09. The fourth-order valence-electron chi connectivity index (χ4n) is 2.73. The summed E-state index contributed by atoms with van der Waals surface area (Å²) in [6.45, 7) is 0.962. The van der Waals surface area contributed by atoms with Crippen molar-refractivity contribution in [2.75, 3.05) is 6.54 Å². The van der Waals surface area contributed by atoms with Crippen LogP contribution < -0.4 is 5.43 Å². The first kappa shape index (κ1) is 16.4. The van der Waals surface area contributed by atoms with Gasteiger partial charge < -0.3 is 15.5 Å². The lowest BCUT2D eigenvalue weighted by atomic mass is 9.80. The average Bonchev–Trinajstić information content (AvgIpc) is 3.30. The number of nitrogens with zero attached hydrogens (tertiary/aromatic N) is 1. The summed E-state index contributed by atoms with van der Waals surface area (Å²) in [4.78, 5) is 0. The van der Waals surface area contributed by atoms with Gasteiger partial charge in [-0.15, -0.1) is 0 Å². The highest BCUT2D eigenvalue weighted by molar-refractivity contribution is 6.51. The summed E-state index contributed by atoms with van der Waals surface area (Å²) < 4.78 is 0. The average molecular weight is 292 g/mol. The maximum atomic E-state index is 9.01. The van der Waals surface area contributed by atoms with Gasteiger partial charge in [0.2, 0.25) is 0 Å². The molecule has 21 heavy (non-hydrogen) atoms. The molecule has 2 aliphatic rings. The van der Waals surface area contributed by atoms with Crippen molar-refractivity contribution in [1.29, 1.82) is 0 Å². The van der Waals surface area contributed by atoms with E-state index in [2.05, 4.69) is 5.43 Å². The van der Waals surface area contributed by atoms with Crippen LogP contribution in [0.25, 0.3) is 0 Å². The number of hydrazine groups is 1. The maximum Gasteiger partial charge on any atom is 0.490 e. The Labute approximate surface area is 129 Å². The van der Waals surface area contributed by atoms with Crippen molar-refractivity contribution in [3.63, 3.8) is 0 Å². The van der Waals surface area contributed by atoms with Crippen LogP contribution in [0.1, 0.15) is 64.2 Å². The summed E-state index contributed by atoms with van der Waals surface area (Å²) in [6.07, 6.45) is 19.1. The van der Waals surface area contributed by atoms with E-state index in [1.165, 1.54) is 64.2 Å². The fourth-order valence-corrected chi connectivity index (χ4v) is 2.73. The van der Waals surface area contributed by atoms with Gasteiger partial charge in [0.05, 0.1) is 0 Å². The summed E-state index contributed by atoms with van der Waals surface area (Å²) in [5.41, 5.74) is 3.55. The molecule has 0 aromatic carbocycles. The molecule has 1 aliphatic carbocycles. The third kappa shape index (κ3) is 7.05. The number of nitrogens with one attached hydrogen (secondary N) is 1. The minimum absolute atomic E-state index is 0.498. The van der Waals surface area contributed by atoms with E-state index in [9.17, 15) is 0 Å². The van der Waals surface area contributed by atoms with Crippen LogP contribution >= 0.6 is 0 Å². The molecule has 3 N–H and O–H groups in total. The quantitative estimate of drug-likeness (QED) is 0.405. The lowest BCUT2D eigenvalue weighted by Gasteiger charge is -2.24. The minimum Gasteiger partial charge on any atom is -0.423 e. The van der Waals surface area contributed by atoms with Crippen LogP contribution in [0.2, 0.25) is 0 Å². The standard InChI is InChI=1S/C16H29BN2O2/c20-17(21)16-11-13-19(18-14-16)12-7-5-3-1-2-4-6-8-15-9-10-15/h11,13-15,18,20-21H,1-10,12H2. The highest BCUT2D eigenvalue weighted by Crippen LogP contribution is 2.34. The lowest BCUT2D eigenvalue weighted by Crippen LogP contribution is -2.34. The number of hydrogen-bond donors (Lipinski definition) is 3. The van der Waals surface area contributed by atoms with Crippen LogP contribution in [-0.4, -0.2) is 28.7 Å². The molecule has 5 heteroatoms. The molecule has 0 atom stereocenters. The molecule has 0 saturated heterocycles. The second kappa shape index (κ2) is 9.16. The number of allylic oxidation sites excluding steroid dienone is 2. The van der Waals surface area contributed by atoms with E-state index in [1.54, 1.807) is 12.3 Å². The highest BCUT2D eigenvalue weighted by atomic mass is 16.4. The number of unbranched alkanes of at least 4 members (excludes halogenated alkanes) is 6. The molecule has 4 nitrogen and oxygen atoms in total. The highest BCUT2D eigenvalue weighted by Gasteiger charge is 2.19. The van der Waals surface area contributed by atoms with E-state index >= 15 is 0 Å². The van der Waals surface area contributed by atoms with E-state index in [4.69, 9.17) is 10.0 Å². The van der Waals surface area contributed by atoms with Crippen molar-refractivity contribution < 1.29 is 10.0 Å². The van der Waals surface area contributed by atoms with Crippen LogP contribution in [0.3, 0.4) is 0 Å². The topological polar surface area (TPSA) is 55.7 Å². The van der Waals surface area contributed by atoms with E-state index in [1.807, 2.05) is 11.2 Å². The fraction of sp³-hybridized carbons (Fsp3) is 0.750. The second-order valence-corrected chi connectivity index (χ2v) is 6.36. The van der Waals surface area contributed by atoms with Crippen molar-refractivity contribution >= 4 is 7.12 Å². The molecular formula is C16H29BN2O2. The molecule has 1 heterocycles. The van der Waals surface area contributed by atoms with Gasteiger partial charge in [-0.3, -0.25) is 5.01 Å². The number of rotatable bonds is 11. The van der Waals surface area contributed by atoms with Crippen molar-refractivity contribution in [2.45, 2.75) is 64.2 Å². The van der Waals surface area contributed by atoms with Gasteiger partial charge in [-0.25, -0.2) is 0 Å². The Morgan fingerprint density at radius 3 is 2.29 bits per heavy atom. The van der Waals surface area contributed by atoms with Gasteiger partial charge in [0.1, 0.15) is 0 Å². The monoisotopic (exact) mass is 292 g/mol. The van der Waals surface area contributed by atoms with Gasteiger partial charge in [0, 0.05) is 24.4 Å². The summed E-state index contributed by atoms with van der Waals surface area (Å²) >= 11 is 0. The van der Waals surface area contributed by atoms with Crippen LogP contribution in [0.15, 0.2) is 23.9 Å². The third-order valence-corrected chi connectivity index (χ3v) is 4.35. The molecule has 1 fully saturated rings. The molecule has 0 spiro atoms. The van der Waals surface area contributed by atoms with Gasteiger partial charge in [-0.05, 0) is 18.4 Å². The van der Waals surface area contributed by atoms with Crippen molar-refractivity contribution in [2.24, 2.45) is 5.92 Å². The Balaban J connectivity index is 1.37. The van der Waals surface area contributed by atoms with Gasteiger partial charge in [0.15, 0.2) is 0 Å². The van der Waals surface area contributed by atoms with Crippen LogP contribution in [0.4, 0.5) is 0 Å². The summed E-state index contributed by atoms with van der Waals surface area (Å²) in [6, 6.07) is 0. The van der Waals surface area contributed by atoms with Crippen molar-refractivity contribution in [1.82, 2.24) is 10.4 Å². The number of hydrogen-bond acceptors (Lipinski definition) is 4. The smallest absolute Gasteiger partial charge is 0.423 e. The summed E-state index contributed by atoms with van der Waals surface area (Å²) in [5, 5.41) is 20.0. The van der Waals surface area contributed by atoms with E-state index < -0.39 is 7.12 Å². The van der Waals surface area contributed by atoms with Crippen molar-refractivity contribution in [3.8, 4) is 0 Å². The third-order valence-electron chi connectivity index (χ3n) is 4.35. The molecule has 118 valence electrons. The van der Waals surface area contributed by atoms with Gasteiger partial charge in [-0.1, -0.05) is 57.8 Å². The zero-order chi connectivity index (χ0) is 14.9. The molecular weight excluding hydrogens is 263 g/mol. The molecule has 1 aliphatic heterocycles. The SMILES string of the molecule is OB(O)C1=CNN(CCCCCCCCCC2CC2)C=C1. The molecule has 0 unspecified atom stereocenters. The Morgan fingerprint density at radius 2 is 1.71 bits per heavy atom. The van der Waals surface area contributed by atoms with Crippen LogP contribution in [0, 0.1) is 5.92 Å². The first-order chi connectivity index (χ1) is 10.3. The molecule has 1 saturated carbocycles. The Bertz CT molecular complexity index is 354. The van der Waals surface area contributed by atoms with Crippen molar-refractivity contribution in [3.05, 3.63) is 23.9 Å². The van der Waals surface area contributed by atoms with E-state index in [0.29, 0.717) is 5.47 Å². The van der Waals surface area contributed by atoms with Gasteiger partial charge >= 0.3 is 7.12 Å². The predicted octanol–water partition coefficient (Wildman–Crippen LogP) is 2.75. The molecule has 0 amide bonds. The Morgan fingerprint density at radius 1 is 1.05 bits per heavy atom. The molecule has 2 rings (SSSR count). The summed E-state index contributed by atoms with van der Waals surface area (Å²) in [7, 11) is -1.39. The predicted molar refractivity (Wildman–Crippen MR) is 86.9 cm³/mol. The van der Waals surface area contributed by atoms with E-state index in [-0.39, 0.29) is 0 Å². The molecule has 0 aromatic rings. The normalized spacial score (nSPS) is 17.6. The molecule has 0 radical (unpaired) electrons. The minimum atomic E-state index is -1.39. The molecule has 0 aromatic heterocycles. The van der Waals surface area contributed by atoms with Crippen LogP contribution in [0.5, 0.6) is 0 Å².